The smallest absolute Gasteiger partial charge is 0.239 e. The number of aliphatic hydroxyl groups is 1. The van der Waals surface area contributed by atoms with Crippen LogP contribution in [-0.2, 0) is 4.79 Å². The van der Waals surface area contributed by atoms with Crippen molar-refractivity contribution < 1.29 is 9.90 Å². The van der Waals surface area contributed by atoms with Crippen LogP contribution in [0.1, 0.15) is 51.2 Å². The van der Waals surface area contributed by atoms with Crippen LogP contribution in [0.3, 0.4) is 0 Å². The Morgan fingerprint density at radius 1 is 1.30 bits per heavy atom. The second kappa shape index (κ2) is 12.6. The first-order valence-corrected chi connectivity index (χ1v) is 9.45. The van der Waals surface area contributed by atoms with E-state index >= 15 is 0 Å². The van der Waals surface area contributed by atoms with Crippen molar-refractivity contribution in [1.29, 1.82) is 0 Å². The average molecular weight is 420 g/mol. The molecule has 1 saturated heterocycles. The quantitative estimate of drug-likeness (QED) is 0.604. The highest BCUT2D eigenvalue weighted by molar-refractivity contribution is 5.86. The first-order chi connectivity index (χ1) is 11.9. The summed E-state index contributed by atoms with van der Waals surface area (Å²) >= 11 is 0. The molecule has 0 radical (unpaired) electrons. The number of rotatable bonds is 8. The Morgan fingerprint density at radius 3 is 2.44 bits per heavy atom. The minimum Gasteiger partial charge on any atom is -0.387 e. The number of carbonyl (C=O) groups is 1. The minimum atomic E-state index is -0.769. The number of aliphatic hydroxyl groups excluding tert-OH is 1. The molecule has 1 fully saturated rings. The Hall–Kier alpha value is -0.850. The summed E-state index contributed by atoms with van der Waals surface area (Å²) in [5, 5.41) is 13.4. The largest absolute Gasteiger partial charge is 0.387 e. The van der Waals surface area contributed by atoms with Crippen LogP contribution < -0.4 is 11.1 Å². The van der Waals surface area contributed by atoms with E-state index < -0.39 is 11.6 Å². The number of amides is 1. The van der Waals surface area contributed by atoms with Gasteiger partial charge >= 0.3 is 0 Å². The van der Waals surface area contributed by atoms with Gasteiger partial charge in [-0.15, -0.1) is 24.8 Å². The highest BCUT2D eigenvalue weighted by atomic mass is 35.5. The van der Waals surface area contributed by atoms with Crippen LogP contribution in [0.4, 0.5) is 0 Å². The number of likely N-dealkylation sites (tertiary alicyclic amines) is 1. The summed E-state index contributed by atoms with van der Waals surface area (Å²) in [6.45, 7) is 7.13. The van der Waals surface area contributed by atoms with Crippen LogP contribution in [0, 0.1) is 5.92 Å². The number of hydrogen-bond donors (Lipinski definition) is 3. The molecule has 1 aromatic carbocycles. The van der Waals surface area contributed by atoms with Crippen molar-refractivity contribution in [3.63, 3.8) is 0 Å². The van der Waals surface area contributed by atoms with Gasteiger partial charge in [0.2, 0.25) is 5.91 Å². The van der Waals surface area contributed by atoms with Crippen molar-refractivity contribution in [2.24, 2.45) is 11.7 Å². The molecule has 2 rings (SSSR count). The number of nitrogens with two attached hydrogens (primary N) is 1. The van der Waals surface area contributed by atoms with Gasteiger partial charge in [0.1, 0.15) is 0 Å². The molecule has 1 aliphatic rings. The predicted molar refractivity (Wildman–Crippen MR) is 116 cm³/mol. The van der Waals surface area contributed by atoms with E-state index in [2.05, 4.69) is 10.2 Å². The van der Waals surface area contributed by atoms with Gasteiger partial charge in [-0.2, -0.15) is 0 Å². The maximum atomic E-state index is 12.2. The molecular formula is C20H35Cl2N3O2. The summed E-state index contributed by atoms with van der Waals surface area (Å²) in [5.41, 5.74) is 6.27. The number of piperidine rings is 1. The molecule has 1 aromatic rings. The molecule has 0 spiro atoms. The van der Waals surface area contributed by atoms with E-state index in [-0.39, 0.29) is 30.7 Å². The third-order valence-electron chi connectivity index (χ3n) is 5.16. The number of nitrogens with one attached hydrogen (secondary N) is 1. The van der Waals surface area contributed by atoms with E-state index in [9.17, 15) is 9.90 Å². The molecule has 5 nitrogen and oxygen atoms in total. The van der Waals surface area contributed by atoms with Crippen molar-refractivity contribution in [3.8, 4) is 0 Å². The third-order valence-corrected chi connectivity index (χ3v) is 5.16. The van der Waals surface area contributed by atoms with Gasteiger partial charge in [0, 0.05) is 13.1 Å². The molecule has 27 heavy (non-hydrogen) atoms. The monoisotopic (exact) mass is 419 g/mol. The number of carbonyl (C=O) groups excluding carboxylic acids is 1. The molecule has 4 N–H and O–H groups in total. The van der Waals surface area contributed by atoms with Crippen molar-refractivity contribution in [2.75, 3.05) is 26.2 Å². The molecule has 1 aliphatic heterocycles. The Labute approximate surface area is 175 Å². The summed E-state index contributed by atoms with van der Waals surface area (Å²) in [5.74, 6) is 0.447. The standard InChI is InChI=1S/C20H33N3O2.2ClH/c1-3-11-20(2,21)19(25)22-14-16-9-12-23(13-10-16)15-18(24)17-7-5-4-6-8-17;;/h4-8,16,18,24H,3,9-15,21H2,1-2H3,(H,22,25);2*1H. The fraction of sp³-hybridized carbons (Fsp3) is 0.650. The van der Waals surface area contributed by atoms with Crippen molar-refractivity contribution >= 4 is 30.7 Å². The molecule has 1 heterocycles. The lowest BCUT2D eigenvalue weighted by Crippen LogP contribution is -2.52. The number of nitrogens with zero attached hydrogens (tertiary/aromatic N) is 1. The van der Waals surface area contributed by atoms with E-state index in [0.29, 0.717) is 25.4 Å². The first-order valence-electron chi connectivity index (χ1n) is 9.45. The normalized spacial score (nSPS) is 18.5. The number of hydrogen-bond acceptors (Lipinski definition) is 4. The SMILES string of the molecule is CCCC(C)(N)C(=O)NCC1CCN(CC(O)c2ccccc2)CC1.Cl.Cl. The second-order valence-corrected chi connectivity index (χ2v) is 7.55. The molecule has 0 aliphatic carbocycles. The molecule has 156 valence electrons. The van der Waals surface area contributed by atoms with Crippen LogP contribution in [0.5, 0.6) is 0 Å². The maximum Gasteiger partial charge on any atom is 0.239 e. The highest BCUT2D eigenvalue weighted by Gasteiger charge is 2.28. The molecule has 1 amide bonds. The van der Waals surface area contributed by atoms with Gasteiger partial charge in [-0.3, -0.25) is 4.79 Å². The summed E-state index contributed by atoms with van der Waals surface area (Å²) in [6.07, 6.45) is 3.25. The first kappa shape index (κ1) is 26.1. The van der Waals surface area contributed by atoms with Crippen LogP contribution in [-0.4, -0.2) is 47.6 Å². The fourth-order valence-corrected chi connectivity index (χ4v) is 3.47. The zero-order valence-corrected chi connectivity index (χ0v) is 18.0. The second-order valence-electron chi connectivity index (χ2n) is 7.55. The minimum absolute atomic E-state index is 0. The summed E-state index contributed by atoms with van der Waals surface area (Å²) in [4.78, 5) is 14.5. The average Bonchev–Trinajstić information content (AvgIpc) is 2.61. The van der Waals surface area contributed by atoms with Crippen LogP contribution >= 0.6 is 24.8 Å². The lowest BCUT2D eigenvalue weighted by Gasteiger charge is -2.34. The Balaban J connectivity index is 0.00000338. The van der Waals surface area contributed by atoms with E-state index in [1.54, 1.807) is 6.92 Å². The zero-order chi connectivity index (χ0) is 18.3. The Bertz CT molecular complexity index is 535. The van der Waals surface area contributed by atoms with E-state index in [1.165, 1.54) is 0 Å². The molecule has 0 aromatic heterocycles. The molecular weight excluding hydrogens is 385 g/mol. The zero-order valence-electron chi connectivity index (χ0n) is 16.4. The number of benzene rings is 1. The van der Waals surface area contributed by atoms with Gasteiger partial charge in [-0.1, -0.05) is 43.7 Å². The topological polar surface area (TPSA) is 78.6 Å². The van der Waals surface area contributed by atoms with E-state index in [1.807, 2.05) is 37.3 Å². The van der Waals surface area contributed by atoms with Crippen molar-refractivity contribution in [3.05, 3.63) is 35.9 Å². The molecule has 0 bridgehead atoms. The molecule has 7 heteroatoms. The summed E-state index contributed by atoms with van der Waals surface area (Å²) in [7, 11) is 0. The Kier molecular flexibility index (Phi) is 12.2. The van der Waals surface area contributed by atoms with Gasteiger partial charge in [0.25, 0.3) is 0 Å². The molecule has 2 atom stereocenters. The van der Waals surface area contributed by atoms with E-state index in [4.69, 9.17) is 5.73 Å². The predicted octanol–water partition coefficient (Wildman–Crippen LogP) is 2.91. The van der Waals surface area contributed by atoms with Gasteiger partial charge in [0.05, 0.1) is 11.6 Å². The Morgan fingerprint density at radius 2 is 1.89 bits per heavy atom. The van der Waals surface area contributed by atoms with Gasteiger partial charge < -0.3 is 21.1 Å². The van der Waals surface area contributed by atoms with Crippen LogP contribution in [0.15, 0.2) is 30.3 Å². The van der Waals surface area contributed by atoms with E-state index in [0.717, 1.165) is 37.9 Å². The van der Waals surface area contributed by atoms with Gasteiger partial charge in [-0.05, 0) is 50.8 Å². The lowest BCUT2D eigenvalue weighted by atomic mass is 9.94. The summed E-state index contributed by atoms with van der Waals surface area (Å²) < 4.78 is 0. The molecule has 2 unspecified atom stereocenters. The van der Waals surface area contributed by atoms with Crippen LogP contribution in [0.25, 0.3) is 0 Å². The third kappa shape index (κ3) is 8.36. The van der Waals surface area contributed by atoms with Gasteiger partial charge in [0.15, 0.2) is 0 Å². The van der Waals surface area contributed by atoms with Crippen LogP contribution in [0.2, 0.25) is 0 Å². The molecule has 0 saturated carbocycles. The summed E-state index contributed by atoms with van der Waals surface area (Å²) in [6, 6.07) is 9.80. The van der Waals surface area contributed by atoms with Crippen molar-refractivity contribution in [1.82, 2.24) is 10.2 Å². The number of β-amino-alcohol motifs (C(OH)–C–C–N with tert-alkyl or cyclic N) is 1. The van der Waals surface area contributed by atoms with Gasteiger partial charge in [-0.25, -0.2) is 0 Å². The highest BCUT2D eigenvalue weighted by Crippen LogP contribution is 2.20. The fourth-order valence-electron chi connectivity index (χ4n) is 3.47. The maximum absolute atomic E-state index is 12.2. The van der Waals surface area contributed by atoms with Crippen molar-refractivity contribution in [2.45, 2.75) is 51.2 Å². The number of halogens is 2. The lowest BCUT2D eigenvalue weighted by molar-refractivity contribution is -0.126.